The molecule has 0 aliphatic rings. The molecule has 0 aliphatic heterocycles. The molecule has 0 bridgehead atoms. The first kappa shape index (κ1) is 14.5. The number of esters is 1. The quantitative estimate of drug-likeness (QED) is 0.783. The van der Waals surface area contributed by atoms with E-state index < -0.39 is 0 Å². The van der Waals surface area contributed by atoms with E-state index in [-0.39, 0.29) is 17.9 Å². The van der Waals surface area contributed by atoms with Crippen LogP contribution in [0.5, 0.6) is 5.75 Å². The molecule has 2 atom stereocenters. The predicted molar refractivity (Wildman–Crippen MR) is 70.5 cm³/mol. The summed E-state index contributed by atoms with van der Waals surface area (Å²) in [5, 5.41) is 0. The van der Waals surface area contributed by atoms with Gasteiger partial charge in [0.05, 0.1) is 19.6 Å². The van der Waals surface area contributed by atoms with Crippen LogP contribution in [0.2, 0.25) is 0 Å². The van der Waals surface area contributed by atoms with Gasteiger partial charge >= 0.3 is 5.97 Å². The lowest BCUT2D eigenvalue weighted by atomic mass is 9.95. The molecule has 1 rings (SSSR count). The van der Waals surface area contributed by atoms with Crippen molar-refractivity contribution in [2.75, 3.05) is 13.7 Å². The van der Waals surface area contributed by atoms with Crippen LogP contribution in [0.4, 0.5) is 0 Å². The molecule has 0 unspecified atom stereocenters. The van der Waals surface area contributed by atoms with Gasteiger partial charge in [-0.05, 0) is 25.0 Å². The molecule has 0 saturated heterocycles. The Hall–Kier alpha value is -1.55. The van der Waals surface area contributed by atoms with E-state index in [1.807, 2.05) is 24.3 Å². The highest BCUT2D eigenvalue weighted by molar-refractivity contribution is 5.72. The molecule has 1 aromatic rings. The number of methoxy groups -OCH3 is 1. The van der Waals surface area contributed by atoms with Crippen LogP contribution in [-0.2, 0) is 16.0 Å². The van der Waals surface area contributed by atoms with Crippen molar-refractivity contribution < 1.29 is 14.3 Å². The number of hydrogen-bond donors (Lipinski definition) is 1. The molecule has 0 aliphatic carbocycles. The first-order valence-electron chi connectivity index (χ1n) is 6.14. The number of carbonyl (C=O) groups is 1. The summed E-state index contributed by atoms with van der Waals surface area (Å²) in [5.41, 5.74) is 7.05. The van der Waals surface area contributed by atoms with Crippen LogP contribution < -0.4 is 10.5 Å². The summed E-state index contributed by atoms with van der Waals surface area (Å²) in [6.07, 6.45) is 0.587. The maximum atomic E-state index is 11.6. The summed E-state index contributed by atoms with van der Waals surface area (Å²) < 4.78 is 10.2. The molecule has 2 N–H and O–H groups in total. The third-order valence-electron chi connectivity index (χ3n) is 2.95. The van der Waals surface area contributed by atoms with Gasteiger partial charge < -0.3 is 15.2 Å². The van der Waals surface area contributed by atoms with Gasteiger partial charge in [0.25, 0.3) is 0 Å². The summed E-state index contributed by atoms with van der Waals surface area (Å²) in [6.45, 7) is 3.96. The number of carbonyl (C=O) groups excluding carboxylic acids is 1. The molecule has 0 spiro atoms. The fourth-order valence-corrected chi connectivity index (χ4v) is 1.75. The van der Waals surface area contributed by atoms with Crippen LogP contribution in [-0.4, -0.2) is 25.7 Å². The third kappa shape index (κ3) is 3.74. The number of nitrogens with two attached hydrogens (primary N) is 1. The van der Waals surface area contributed by atoms with E-state index in [4.69, 9.17) is 15.2 Å². The van der Waals surface area contributed by atoms with E-state index >= 15 is 0 Å². The maximum absolute atomic E-state index is 11.6. The minimum atomic E-state index is -0.324. The zero-order valence-corrected chi connectivity index (χ0v) is 11.2. The second-order valence-electron chi connectivity index (χ2n) is 4.22. The largest absolute Gasteiger partial charge is 0.496 e. The topological polar surface area (TPSA) is 61.5 Å². The Morgan fingerprint density at radius 3 is 2.67 bits per heavy atom. The highest BCUT2D eigenvalue weighted by atomic mass is 16.5. The molecule has 0 amide bonds. The lowest BCUT2D eigenvalue weighted by Gasteiger charge is -2.19. The van der Waals surface area contributed by atoms with Crippen molar-refractivity contribution in [1.29, 1.82) is 0 Å². The minimum Gasteiger partial charge on any atom is -0.496 e. The van der Waals surface area contributed by atoms with Gasteiger partial charge in [0, 0.05) is 6.04 Å². The van der Waals surface area contributed by atoms with E-state index in [9.17, 15) is 4.79 Å². The molecular formula is C14H21NO3. The minimum absolute atomic E-state index is 0.250. The Morgan fingerprint density at radius 2 is 2.06 bits per heavy atom. The van der Waals surface area contributed by atoms with Gasteiger partial charge in [0.1, 0.15) is 5.75 Å². The molecular weight excluding hydrogens is 230 g/mol. The zero-order valence-electron chi connectivity index (χ0n) is 11.2. The summed E-state index contributed by atoms with van der Waals surface area (Å²) in [7, 11) is 1.62. The molecule has 4 nitrogen and oxygen atoms in total. The normalized spacial score (nSPS) is 13.8. The van der Waals surface area contributed by atoms with E-state index in [1.54, 1.807) is 21.0 Å². The van der Waals surface area contributed by atoms with Crippen LogP contribution in [0, 0.1) is 5.92 Å². The summed E-state index contributed by atoms with van der Waals surface area (Å²) >= 11 is 0. The highest BCUT2D eigenvalue weighted by Crippen LogP contribution is 2.20. The molecule has 0 aromatic heterocycles. The van der Waals surface area contributed by atoms with Crippen molar-refractivity contribution in [3.63, 3.8) is 0 Å². The van der Waals surface area contributed by atoms with Gasteiger partial charge in [-0.25, -0.2) is 0 Å². The van der Waals surface area contributed by atoms with Gasteiger partial charge in [0.2, 0.25) is 0 Å². The molecule has 18 heavy (non-hydrogen) atoms. The maximum Gasteiger partial charge on any atom is 0.310 e. The summed E-state index contributed by atoms with van der Waals surface area (Å²) in [4.78, 5) is 11.6. The van der Waals surface area contributed by atoms with Crippen LogP contribution in [0.25, 0.3) is 0 Å². The van der Waals surface area contributed by atoms with Gasteiger partial charge in [0.15, 0.2) is 0 Å². The van der Waals surface area contributed by atoms with Crippen LogP contribution in [0.1, 0.15) is 19.4 Å². The molecule has 100 valence electrons. The molecule has 4 heteroatoms. The Bertz CT molecular complexity index is 392. The van der Waals surface area contributed by atoms with Crippen molar-refractivity contribution >= 4 is 5.97 Å². The molecule has 0 saturated carbocycles. The van der Waals surface area contributed by atoms with Gasteiger partial charge in [-0.2, -0.15) is 0 Å². The second kappa shape index (κ2) is 7.01. The Labute approximate surface area is 108 Å². The van der Waals surface area contributed by atoms with Crippen LogP contribution >= 0.6 is 0 Å². The van der Waals surface area contributed by atoms with Crippen LogP contribution in [0.15, 0.2) is 24.3 Å². The Kier molecular flexibility index (Phi) is 5.65. The molecule has 0 radical (unpaired) electrons. The first-order valence-corrected chi connectivity index (χ1v) is 6.14. The number of hydrogen-bond acceptors (Lipinski definition) is 4. The van der Waals surface area contributed by atoms with Crippen molar-refractivity contribution in [3.8, 4) is 5.75 Å². The van der Waals surface area contributed by atoms with Gasteiger partial charge in [-0.15, -0.1) is 0 Å². The first-order chi connectivity index (χ1) is 8.60. The summed E-state index contributed by atoms with van der Waals surface area (Å²) in [5.74, 6) is 0.221. The number of rotatable bonds is 6. The second-order valence-corrected chi connectivity index (χ2v) is 4.22. The average Bonchev–Trinajstić information content (AvgIpc) is 2.38. The monoisotopic (exact) mass is 251 g/mol. The van der Waals surface area contributed by atoms with Crippen molar-refractivity contribution in [1.82, 2.24) is 0 Å². The smallest absolute Gasteiger partial charge is 0.310 e. The van der Waals surface area contributed by atoms with Gasteiger partial charge in [-0.1, -0.05) is 25.1 Å². The average molecular weight is 251 g/mol. The predicted octanol–water partition coefficient (Wildman–Crippen LogP) is 1.76. The highest BCUT2D eigenvalue weighted by Gasteiger charge is 2.22. The summed E-state index contributed by atoms with van der Waals surface area (Å²) in [6, 6.07) is 7.40. The standard InChI is InChI=1S/C14H21NO3/c1-4-18-14(16)10(2)12(15)9-11-7-5-6-8-13(11)17-3/h5-8,10,12H,4,9,15H2,1-3H3/t10-,12+/m1/s1. The van der Waals surface area contributed by atoms with Crippen LogP contribution in [0.3, 0.4) is 0 Å². The van der Waals surface area contributed by atoms with E-state index in [0.29, 0.717) is 13.0 Å². The fraction of sp³-hybridized carbons (Fsp3) is 0.500. The van der Waals surface area contributed by atoms with Gasteiger partial charge in [-0.3, -0.25) is 4.79 Å². The van der Waals surface area contributed by atoms with E-state index in [2.05, 4.69) is 0 Å². The lowest BCUT2D eigenvalue weighted by molar-refractivity contribution is -0.148. The number of benzene rings is 1. The van der Waals surface area contributed by atoms with Crippen molar-refractivity contribution in [3.05, 3.63) is 29.8 Å². The Balaban J connectivity index is 2.69. The molecule has 0 fully saturated rings. The van der Waals surface area contributed by atoms with E-state index in [1.165, 1.54) is 0 Å². The van der Waals surface area contributed by atoms with Crippen molar-refractivity contribution in [2.24, 2.45) is 11.7 Å². The lowest BCUT2D eigenvalue weighted by Crippen LogP contribution is -2.36. The third-order valence-corrected chi connectivity index (χ3v) is 2.95. The molecule has 1 aromatic carbocycles. The SMILES string of the molecule is CCOC(=O)[C@H](C)[C@@H](N)Cc1ccccc1OC. The number of para-hydroxylation sites is 1. The fourth-order valence-electron chi connectivity index (χ4n) is 1.75. The molecule has 0 heterocycles. The van der Waals surface area contributed by atoms with E-state index in [0.717, 1.165) is 11.3 Å². The zero-order chi connectivity index (χ0) is 13.5. The Morgan fingerprint density at radius 1 is 1.39 bits per heavy atom. The van der Waals surface area contributed by atoms with Crippen molar-refractivity contribution in [2.45, 2.75) is 26.3 Å². The number of ether oxygens (including phenoxy) is 2.